The van der Waals surface area contributed by atoms with Crippen LogP contribution in [0.5, 0.6) is 0 Å². The predicted molar refractivity (Wildman–Crippen MR) is 51.9 cm³/mol. The molecule has 0 spiro atoms. The summed E-state index contributed by atoms with van der Waals surface area (Å²) in [7, 11) is 0. The molecule has 8 nitrogen and oxygen atoms in total. The van der Waals surface area contributed by atoms with Crippen molar-refractivity contribution < 1.29 is 29.4 Å². The molecule has 0 bridgehead atoms. The standard InChI is InChI=1S/C9H6N2O6/c1-3-6(12)10(5-8(14)15)11(9(16)17)7(13)4-2/h1-2H,5H2,(H,14,15)(H,16,17). The second-order valence-corrected chi connectivity index (χ2v) is 2.44. The number of carbonyl (C=O) groups is 4. The third-order valence-corrected chi connectivity index (χ3v) is 1.38. The van der Waals surface area contributed by atoms with E-state index in [4.69, 9.17) is 16.6 Å². The summed E-state index contributed by atoms with van der Waals surface area (Å²) in [6.45, 7) is -1.11. The largest absolute Gasteiger partial charge is 0.480 e. The molecule has 88 valence electrons. The molecule has 2 N–H and O–H groups in total. The lowest BCUT2D eigenvalue weighted by Gasteiger charge is -2.26. The zero-order valence-corrected chi connectivity index (χ0v) is 8.28. The van der Waals surface area contributed by atoms with Crippen LogP contribution in [0.1, 0.15) is 0 Å². The quantitative estimate of drug-likeness (QED) is 0.451. The lowest BCUT2D eigenvalue weighted by Crippen LogP contribution is -2.53. The van der Waals surface area contributed by atoms with Crippen molar-refractivity contribution in [2.45, 2.75) is 0 Å². The van der Waals surface area contributed by atoms with Gasteiger partial charge in [-0.2, -0.15) is 0 Å². The maximum Gasteiger partial charge on any atom is 0.434 e. The Labute approximate surface area is 95.4 Å². The summed E-state index contributed by atoms with van der Waals surface area (Å²) >= 11 is 0. The first-order chi connectivity index (χ1) is 7.84. The summed E-state index contributed by atoms with van der Waals surface area (Å²) in [5, 5.41) is 16.9. The average Bonchev–Trinajstić information content (AvgIpc) is 2.25. The second-order valence-electron chi connectivity index (χ2n) is 2.44. The van der Waals surface area contributed by atoms with Crippen LogP contribution in [0, 0.1) is 24.7 Å². The molecule has 0 unspecified atom stereocenters. The Hall–Kier alpha value is -3.00. The van der Waals surface area contributed by atoms with Gasteiger partial charge in [0.05, 0.1) is 0 Å². The number of terminal acetylenes is 2. The number of imide groups is 1. The first-order valence-electron chi connectivity index (χ1n) is 3.88. The molecule has 0 atom stereocenters. The second kappa shape index (κ2) is 5.78. The lowest BCUT2D eigenvalue weighted by atomic mass is 10.5. The number of hydrogen-bond acceptors (Lipinski definition) is 4. The molecule has 0 aromatic rings. The molecule has 0 aliphatic rings. The summed E-state index contributed by atoms with van der Waals surface area (Å²) < 4.78 is 0. The Morgan fingerprint density at radius 3 is 1.76 bits per heavy atom. The molecule has 0 saturated carbocycles. The minimum atomic E-state index is -1.92. The molecule has 0 heterocycles. The van der Waals surface area contributed by atoms with E-state index >= 15 is 0 Å². The Morgan fingerprint density at radius 2 is 1.47 bits per heavy atom. The van der Waals surface area contributed by atoms with Gasteiger partial charge in [-0.05, 0) is 11.8 Å². The molecular weight excluding hydrogens is 232 g/mol. The number of carbonyl (C=O) groups excluding carboxylic acids is 2. The molecule has 3 amide bonds. The van der Waals surface area contributed by atoms with E-state index in [2.05, 4.69) is 6.42 Å². The van der Waals surface area contributed by atoms with E-state index in [0.717, 1.165) is 0 Å². The van der Waals surface area contributed by atoms with Crippen molar-refractivity contribution in [3.8, 4) is 24.7 Å². The van der Waals surface area contributed by atoms with E-state index < -0.39 is 30.4 Å². The highest BCUT2D eigenvalue weighted by Gasteiger charge is 2.31. The van der Waals surface area contributed by atoms with Crippen LogP contribution in [-0.4, -0.2) is 50.7 Å². The molecule has 8 heteroatoms. The van der Waals surface area contributed by atoms with Gasteiger partial charge in [-0.15, -0.1) is 17.9 Å². The van der Waals surface area contributed by atoms with Gasteiger partial charge < -0.3 is 10.2 Å². The van der Waals surface area contributed by atoms with Crippen molar-refractivity contribution in [2.75, 3.05) is 6.54 Å². The number of carboxylic acid groups (broad SMARTS) is 2. The fourth-order valence-electron chi connectivity index (χ4n) is 0.797. The van der Waals surface area contributed by atoms with Gasteiger partial charge in [0.25, 0.3) is 0 Å². The molecular formula is C9H6N2O6. The highest BCUT2D eigenvalue weighted by Crippen LogP contribution is 2.01. The normalized spacial score (nSPS) is 8.35. The average molecular weight is 238 g/mol. The Bertz CT molecular complexity index is 455. The number of aliphatic carboxylic acids is 1. The summed E-state index contributed by atoms with van der Waals surface area (Å²) in [6.07, 6.45) is 7.47. The molecule has 17 heavy (non-hydrogen) atoms. The summed E-state index contributed by atoms with van der Waals surface area (Å²) in [4.78, 5) is 43.3. The van der Waals surface area contributed by atoms with Crippen LogP contribution in [0.4, 0.5) is 4.79 Å². The zero-order chi connectivity index (χ0) is 13.6. The maximum atomic E-state index is 11.1. The van der Waals surface area contributed by atoms with Crippen LogP contribution in [0.15, 0.2) is 0 Å². The van der Waals surface area contributed by atoms with Gasteiger partial charge in [-0.3, -0.25) is 14.4 Å². The van der Waals surface area contributed by atoms with Gasteiger partial charge in [-0.1, -0.05) is 0 Å². The molecule has 0 aromatic carbocycles. The number of hydrazine groups is 1. The van der Waals surface area contributed by atoms with Gasteiger partial charge in [0.2, 0.25) is 0 Å². The number of hydrogen-bond donors (Lipinski definition) is 2. The number of amides is 3. The fourth-order valence-corrected chi connectivity index (χ4v) is 0.797. The molecule has 0 aliphatic carbocycles. The van der Waals surface area contributed by atoms with Crippen molar-refractivity contribution in [3.63, 3.8) is 0 Å². The van der Waals surface area contributed by atoms with Crippen LogP contribution in [-0.2, 0) is 14.4 Å². The first kappa shape index (κ1) is 14.0. The summed E-state index contributed by atoms with van der Waals surface area (Å²) in [5.74, 6) is -1.40. The van der Waals surface area contributed by atoms with Crippen molar-refractivity contribution in [1.82, 2.24) is 10.0 Å². The molecule has 0 aliphatic heterocycles. The van der Waals surface area contributed by atoms with E-state index in [1.165, 1.54) is 11.8 Å². The Balaban J connectivity index is 5.39. The van der Waals surface area contributed by atoms with Crippen LogP contribution < -0.4 is 0 Å². The molecule has 0 aromatic heterocycles. The topological polar surface area (TPSA) is 115 Å². The summed E-state index contributed by atoms with van der Waals surface area (Å²) in [5.41, 5.74) is 0. The fraction of sp³-hybridized carbons (Fsp3) is 0.111. The Morgan fingerprint density at radius 1 is 1.00 bits per heavy atom. The van der Waals surface area contributed by atoms with E-state index in [9.17, 15) is 19.2 Å². The van der Waals surface area contributed by atoms with Gasteiger partial charge >= 0.3 is 23.9 Å². The minimum Gasteiger partial charge on any atom is -0.480 e. The third-order valence-electron chi connectivity index (χ3n) is 1.38. The maximum absolute atomic E-state index is 11.1. The lowest BCUT2D eigenvalue weighted by molar-refractivity contribution is -0.158. The number of rotatable bonds is 2. The van der Waals surface area contributed by atoms with E-state index in [-0.39, 0.29) is 10.0 Å². The SMILES string of the molecule is C#CC(=O)N(CC(=O)O)N(C(=O)O)C(=O)C#C. The van der Waals surface area contributed by atoms with E-state index in [0.29, 0.717) is 0 Å². The van der Waals surface area contributed by atoms with E-state index in [1.54, 1.807) is 0 Å². The van der Waals surface area contributed by atoms with Gasteiger partial charge in [0, 0.05) is 0 Å². The Kier molecular flexibility index (Phi) is 4.76. The molecule has 0 rings (SSSR count). The van der Waals surface area contributed by atoms with Crippen molar-refractivity contribution in [1.29, 1.82) is 0 Å². The van der Waals surface area contributed by atoms with Crippen LogP contribution in [0.2, 0.25) is 0 Å². The van der Waals surface area contributed by atoms with Crippen molar-refractivity contribution in [3.05, 3.63) is 0 Å². The highest BCUT2D eigenvalue weighted by atomic mass is 16.4. The highest BCUT2D eigenvalue weighted by molar-refractivity contribution is 6.05. The van der Waals surface area contributed by atoms with Crippen LogP contribution >= 0.6 is 0 Å². The zero-order valence-electron chi connectivity index (χ0n) is 8.28. The van der Waals surface area contributed by atoms with Gasteiger partial charge in [0.1, 0.15) is 6.54 Å². The van der Waals surface area contributed by atoms with Gasteiger partial charge in [0.15, 0.2) is 0 Å². The predicted octanol–water partition coefficient (Wildman–Crippen LogP) is -1.41. The van der Waals surface area contributed by atoms with Crippen LogP contribution in [0.25, 0.3) is 0 Å². The monoisotopic (exact) mass is 238 g/mol. The molecule has 0 saturated heterocycles. The number of nitrogens with zero attached hydrogens (tertiary/aromatic N) is 2. The molecule has 0 fully saturated rings. The van der Waals surface area contributed by atoms with E-state index in [1.807, 2.05) is 0 Å². The van der Waals surface area contributed by atoms with Crippen molar-refractivity contribution in [2.24, 2.45) is 0 Å². The first-order valence-corrected chi connectivity index (χ1v) is 3.88. The molecule has 0 radical (unpaired) electrons. The smallest absolute Gasteiger partial charge is 0.434 e. The van der Waals surface area contributed by atoms with Gasteiger partial charge in [-0.25, -0.2) is 9.80 Å². The minimum absolute atomic E-state index is 0.0346. The van der Waals surface area contributed by atoms with Crippen LogP contribution in [0.3, 0.4) is 0 Å². The van der Waals surface area contributed by atoms with Crippen molar-refractivity contribution >= 4 is 23.9 Å². The number of carboxylic acids is 1. The third kappa shape index (κ3) is 3.57. The summed E-state index contributed by atoms with van der Waals surface area (Å²) in [6, 6.07) is 0.